The van der Waals surface area contributed by atoms with Gasteiger partial charge in [-0.05, 0) is 44.6 Å². The van der Waals surface area contributed by atoms with Gasteiger partial charge in [-0.25, -0.2) is 4.98 Å². The highest BCUT2D eigenvalue weighted by atomic mass is 32.1. The molecule has 2 fully saturated rings. The molecule has 1 saturated heterocycles. The van der Waals surface area contributed by atoms with Gasteiger partial charge in [0.05, 0.1) is 12.0 Å². The quantitative estimate of drug-likeness (QED) is 0.893. The van der Waals surface area contributed by atoms with Crippen molar-refractivity contribution in [2.75, 3.05) is 13.1 Å². The van der Waals surface area contributed by atoms with Crippen LogP contribution in [0.4, 0.5) is 0 Å². The van der Waals surface area contributed by atoms with Crippen LogP contribution in [0.3, 0.4) is 0 Å². The van der Waals surface area contributed by atoms with Gasteiger partial charge in [-0.1, -0.05) is 0 Å². The van der Waals surface area contributed by atoms with Crippen LogP contribution in [0.1, 0.15) is 43.4 Å². The monoisotopic (exact) mass is 358 g/mol. The minimum atomic E-state index is 0.237. The van der Waals surface area contributed by atoms with E-state index in [0.29, 0.717) is 11.9 Å². The third kappa shape index (κ3) is 3.96. The highest BCUT2D eigenvalue weighted by Crippen LogP contribution is 2.29. The van der Waals surface area contributed by atoms with Crippen molar-refractivity contribution in [1.82, 2.24) is 19.8 Å². The Morgan fingerprint density at radius 3 is 2.96 bits per heavy atom. The normalized spacial score (nSPS) is 23.9. The molecule has 4 rings (SSSR count). The van der Waals surface area contributed by atoms with Crippen LogP contribution in [-0.4, -0.2) is 39.5 Å². The summed E-state index contributed by atoms with van der Waals surface area (Å²) in [5.41, 5.74) is 1.17. The molecule has 3 heterocycles. The van der Waals surface area contributed by atoms with Crippen molar-refractivity contribution in [1.29, 1.82) is 0 Å². The fraction of sp³-hybridized carbons (Fsp3) is 0.579. The molecule has 25 heavy (non-hydrogen) atoms. The largest absolute Gasteiger partial charge is 0.342 e. The van der Waals surface area contributed by atoms with E-state index in [4.69, 9.17) is 0 Å². The number of nitrogens with one attached hydrogen (secondary N) is 1. The maximum Gasteiger partial charge on any atom is 0.225 e. The first kappa shape index (κ1) is 16.8. The molecule has 2 aromatic heterocycles. The summed E-state index contributed by atoms with van der Waals surface area (Å²) in [6, 6.07) is 2.68. The van der Waals surface area contributed by atoms with Gasteiger partial charge in [-0.3, -0.25) is 4.79 Å². The molecule has 1 amide bonds. The van der Waals surface area contributed by atoms with Crippen molar-refractivity contribution in [2.45, 2.75) is 51.1 Å². The van der Waals surface area contributed by atoms with Gasteiger partial charge in [0.25, 0.3) is 0 Å². The van der Waals surface area contributed by atoms with Crippen molar-refractivity contribution < 1.29 is 4.79 Å². The van der Waals surface area contributed by atoms with E-state index in [0.717, 1.165) is 38.9 Å². The van der Waals surface area contributed by atoms with Crippen LogP contribution < -0.4 is 5.32 Å². The molecule has 0 radical (unpaired) electrons. The summed E-state index contributed by atoms with van der Waals surface area (Å²) in [6.07, 6.45) is 12.4. The lowest BCUT2D eigenvalue weighted by molar-refractivity contribution is -0.136. The number of nitrogens with zero attached hydrogens (tertiary/aromatic N) is 3. The third-order valence-corrected chi connectivity index (χ3v) is 6.38. The second kappa shape index (κ2) is 7.70. The van der Waals surface area contributed by atoms with Gasteiger partial charge in [0.2, 0.25) is 5.91 Å². The number of thiophene rings is 1. The molecule has 1 N–H and O–H groups in total. The minimum absolute atomic E-state index is 0.237. The number of hydrogen-bond acceptors (Lipinski definition) is 4. The summed E-state index contributed by atoms with van der Waals surface area (Å²) in [5.74, 6) is 0.642. The molecular weight excluding hydrogens is 332 g/mol. The van der Waals surface area contributed by atoms with E-state index in [1.807, 2.05) is 17.1 Å². The van der Waals surface area contributed by atoms with Crippen LogP contribution in [0, 0.1) is 5.92 Å². The summed E-state index contributed by atoms with van der Waals surface area (Å²) >= 11 is 1.77. The molecule has 2 atom stereocenters. The van der Waals surface area contributed by atoms with E-state index in [-0.39, 0.29) is 5.92 Å². The van der Waals surface area contributed by atoms with Crippen molar-refractivity contribution in [3.05, 3.63) is 35.0 Å². The lowest BCUT2D eigenvalue weighted by Gasteiger charge is -2.29. The van der Waals surface area contributed by atoms with E-state index < -0.39 is 0 Å². The van der Waals surface area contributed by atoms with Crippen LogP contribution in [0.2, 0.25) is 0 Å². The number of imidazole rings is 1. The molecule has 0 unspecified atom stereocenters. The molecule has 2 aromatic rings. The first-order valence-electron chi connectivity index (χ1n) is 9.37. The molecule has 2 aliphatic rings. The van der Waals surface area contributed by atoms with E-state index in [1.54, 1.807) is 17.5 Å². The van der Waals surface area contributed by atoms with Crippen LogP contribution >= 0.6 is 11.3 Å². The Labute approximate surface area is 153 Å². The van der Waals surface area contributed by atoms with E-state index in [2.05, 4.69) is 26.6 Å². The van der Waals surface area contributed by atoms with Gasteiger partial charge in [-0.15, -0.1) is 11.3 Å². The average Bonchev–Trinajstić information content (AvgIpc) is 3.41. The van der Waals surface area contributed by atoms with Crippen LogP contribution in [-0.2, 0) is 11.3 Å². The minimum Gasteiger partial charge on any atom is -0.342 e. The molecule has 134 valence electrons. The fourth-order valence-electron chi connectivity index (χ4n) is 4.02. The number of carbonyl (C=O) groups excluding carboxylic acids is 1. The summed E-state index contributed by atoms with van der Waals surface area (Å²) in [5, 5.41) is 5.82. The van der Waals surface area contributed by atoms with Crippen molar-refractivity contribution in [3.63, 3.8) is 0 Å². The van der Waals surface area contributed by atoms with Gasteiger partial charge < -0.3 is 14.8 Å². The SMILES string of the molecule is O=C([C@@H]1CC[C@H](NCc2cc(-n3ccnc3)cs2)C1)N1CCCCC1. The Bertz CT molecular complexity index is 690. The summed E-state index contributed by atoms with van der Waals surface area (Å²) < 4.78 is 2.03. The van der Waals surface area contributed by atoms with Gasteiger partial charge in [0, 0.05) is 54.2 Å². The topological polar surface area (TPSA) is 50.2 Å². The standard InChI is InChI=1S/C19H26N4OS/c24-19(22-7-2-1-3-8-22)15-4-5-16(10-15)21-12-18-11-17(13-25-18)23-9-6-20-14-23/h6,9,11,13-16,21H,1-5,7-8,10,12H2/t15-,16+/m1/s1. The van der Waals surface area contributed by atoms with Gasteiger partial charge in [0.15, 0.2) is 0 Å². The summed E-state index contributed by atoms with van der Waals surface area (Å²) in [4.78, 5) is 20.2. The Kier molecular flexibility index (Phi) is 5.17. The fourth-order valence-corrected chi connectivity index (χ4v) is 4.83. The number of amides is 1. The van der Waals surface area contributed by atoms with Crippen LogP contribution in [0.5, 0.6) is 0 Å². The van der Waals surface area contributed by atoms with Crippen molar-refractivity contribution >= 4 is 17.2 Å². The number of rotatable bonds is 5. The Balaban J connectivity index is 1.26. The zero-order valence-electron chi connectivity index (χ0n) is 14.6. The zero-order valence-corrected chi connectivity index (χ0v) is 15.4. The maximum absolute atomic E-state index is 12.6. The molecule has 6 heteroatoms. The number of likely N-dealkylation sites (tertiary alicyclic amines) is 1. The molecule has 1 aliphatic heterocycles. The smallest absolute Gasteiger partial charge is 0.225 e. The second-order valence-corrected chi connectivity index (χ2v) is 8.21. The number of carbonyl (C=O) groups is 1. The highest BCUT2D eigenvalue weighted by molar-refractivity contribution is 7.10. The zero-order chi connectivity index (χ0) is 17.1. The van der Waals surface area contributed by atoms with Crippen molar-refractivity contribution in [3.8, 4) is 5.69 Å². The molecule has 0 aromatic carbocycles. The van der Waals surface area contributed by atoms with Gasteiger partial charge >= 0.3 is 0 Å². The molecule has 1 saturated carbocycles. The Morgan fingerprint density at radius 1 is 1.28 bits per heavy atom. The summed E-state index contributed by atoms with van der Waals surface area (Å²) in [7, 11) is 0. The molecular formula is C19H26N4OS. The molecule has 0 spiro atoms. The van der Waals surface area contributed by atoms with E-state index >= 15 is 0 Å². The second-order valence-electron chi connectivity index (χ2n) is 7.21. The predicted octanol–water partition coefficient (Wildman–Crippen LogP) is 3.20. The Hall–Kier alpha value is -1.66. The number of aromatic nitrogens is 2. The number of hydrogen-bond donors (Lipinski definition) is 1. The molecule has 1 aliphatic carbocycles. The lowest BCUT2D eigenvalue weighted by Crippen LogP contribution is -2.39. The summed E-state index contributed by atoms with van der Waals surface area (Å²) in [6.45, 7) is 2.83. The maximum atomic E-state index is 12.6. The van der Waals surface area contributed by atoms with Crippen LogP contribution in [0.25, 0.3) is 5.69 Å². The van der Waals surface area contributed by atoms with Gasteiger partial charge in [0.1, 0.15) is 0 Å². The van der Waals surface area contributed by atoms with Crippen LogP contribution in [0.15, 0.2) is 30.2 Å². The first-order valence-corrected chi connectivity index (χ1v) is 10.3. The lowest BCUT2D eigenvalue weighted by atomic mass is 10.0. The van der Waals surface area contributed by atoms with Gasteiger partial charge in [-0.2, -0.15) is 0 Å². The molecule has 0 bridgehead atoms. The average molecular weight is 359 g/mol. The molecule has 5 nitrogen and oxygen atoms in total. The highest BCUT2D eigenvalue weighted by Gasteiger charge is 2.32. The third-order valence-electron chi connectivity index (χ3n) is 5.46. The first-order chi connectivity index (χ1) is 12.3. The van der Waals surface area contributed by atoms with E-state index in [9.17, 15) is 4.79 Å². The number of piperidine rings is 1. The predicted molar refractivity (Wildman–Crippen MR) is 99.8 cm³/mol. The van der Waals surface area contributed by atoms with Crippen molar-refractivity contribution in [2.24, 2.45) is 5.92 Å². The Morgan fingerprint density at radius 2 is 2.16 bits per heavy atom. The van der Waals surface area contributed by atoms with E-state index in [1.165, 1.54) is 29.8 Å².